The average molecular weight is 470 g/mol. The molecule has 4 rings (SSSR count). The van der Waals surface area contributed by atoms with Crippen LogP contribution in [0.2, 0.25) is 0 Å². The first-order valence-electron chi connectivity index (χ1n) is 12.1. The largest absolute Gasteiger partial charge is 0.339 e. The minimum absolute atomic E-state index is 0.123. The number of hydrogen-bond acceptors (Lipinski definition) is 4. The first kappa shape index (κ1) is 23.9. The van der Waals surface area contributed by atoms with Crippen molar-refractivity contribution in [1.29, 1.82) is 0 Å². The van der Waals surface area contributed by atoms with E-state index in [-0.39, 0.29) is 11.7 Å². The Kier molecular flexibility index (Phi) is 7.83. The van der Waals surface area contributed by atoms with Gasteiger partial charge in [0.05, 0.1) is 5.75 Å². The van der Waals surface area contributed by atoms with Crippen LogP contribution in [0.3, 0.4) is 0 Å². The zero-order chi connectivity index (χ0) is 23.3. The van der Waals surface area contributed by atoms with Crippen LogP contribution < -0.4 is 0 Å². The molecule has 6 nitrogen and oxygen atoms in total. The van der Waals surface area contributed by atoms with Crippen LogP contribution in [0.15, 0.2) is 54.6 Å². The van der Waals surface area contributed by atoms with E-state index in [1.54, 1.807) is 11.2 Å². The maximum Gasteiger partial charge on any atom is 0.253 e. The highest BCUT2D eigenvalue weighted by Crippen LogP contribution is 2.23. The third-order valence-corrected chi connectivity index (χ3v) is 8.85. The molecule has 0 aliphatic carbocycles. The maximum absolute atomic E-state index is 13.0. The van der Waals surface area contributed by atoms with Gasteiger partial charge in [-0.05, 0) is 55.4 Å². The fraction of sp³-hybridized carbons (Fsp3) is 0.500. The van der Waals surface area contributed by atoms with Crippen molar-refractivity contribution in [3.8, 4) is 0 Å². The number of piperidine rings is 1. The molecule has 33 heavy (non-hydrogen) atoms. The Balaban J connectivity index is 1.24. The SMILES string of the molecule is CCS(=O)(=O)N1CCN(Cc2ccc(C(=O)N3CCC(Cc4ccccc4)CC3)cc2)CC1. The first-order valence-corrected chi connectivity index (χ1v) is 13.7. The van der Waals surface area contributed by atoms with Gasteiger partial charge in [-0.25, -0.2) is 8.42 Å². The van der Waals surface area contributed by atoms with E-state index in [2.05, 4.69) is 35.2 Å². The number of carbonyl (C=O) groups is 1. The molecular weight excluding hydrogens is 434 g/mol. The van der Waals surface area contributed by atoms with Gasteiger partial charge in [-0.15, -0.1) is 0 Å². The van der Waals surface area contributed by atoms with Crippen LogP contribution in [0, 0.1) is 5.92 Å². The van der Waals surface area contributed by atoms with E-state index in [4.69, 9.17) is 0 Å². The molecule has 0 unspecified atom stereocenters. The molecule has 178 valence electrons. The van der Waals surface area contributed by atoms with Gasteiger partial charge in [0.2, 0.25) is 10.0 Å². The summed E-state index contributed by atoms with van der Waals surface area (Å²) in [6.07, 6.45) is 3.20. The Morgan fingerprint density at radius 1 is 0.848 bits per heavy atom. The van der Waals surface area contributed by atoms with Crippen LogP contribution >= 0.6 is 0 Å². The Labute approximate surface area is 198 Å². The third kappa shape index (κ3) is 6.22. The minimum atomic E-state index is -3.10. The summed E-state index contributed by atoms with van der Waals surface area (Å²) in [7, 11) is -3.10. The summed E-state index contributed by atoms with van der Waals surface area (Å²) in [5.74, 6) is 0.928. The molecule has 2 aliphatic heterocycles. The number of benzene rings is 2. The van der Waals surface area contributed by atoms with E-state index < -0.39 is 10.0 Å². The molecule has 2 saturated heterocycles. The summed E-state index contributed by atoms with van der Waals surface area (Å²) in [6.45, 7) is 6.68. The molecule has 2 aromatic rings. The molecule has 0 saturated carbocycles. The molecule has 0 radical (unpaired) electrons. The topological polar surface area (TPSA) is 60.9 Å². The van der Waals surface area contributed by atoms with Gasteiger partial charge in [0.25, 0.3) is 5.91 Å². The van der Waals surface area contributed by atoms with Gasteiger partial charge in [0.1, 0.15) is 0 Å². The number of hydrogen-bond donors (Lipinski definition) is 0. The summed E-state index contributed by atoms with van der Waals surface area (Å²) < 4.78 is 25.6. The van der Waals surface area contributed by atoms with Gasteiger partial charge in [-0.2, -0.15) is 4.31 Å². The Morgan fingerprint density at radius 3 is 2.09 bits per heavy atom. The van der Waals surface area contributed by atoms with E-state index in [9.17, 15) is 13.2 Å². The van der Waals surface area contributed by atoms with Crippen molar-refractivity contribution in [2.75, 3.05) is 45.0 Å². The fourth-order valence-corrected chi connectivity index (χ4v) is 5.91. The van der Waals surface area contributed by atoms with Gasteiger partial charge < -0.3 is 4.90 Å². The van der Waals surface area contributed by atoms with Crippen LogP contribution in [-0.4, -0.2) is 73.5 Å². The molecular formula is C26H35N3O3S. The minimum Gasteiger partial charge on any atom is -0.339 e. The molecule has 2 aliphatic rings. The van der Waals surface area contributed by atoms with E-state index >= 15 is 0 Å². The van der Waals surface area contributed by atoms with E-state index in [0.29, 0.717) is 19.0 Å². The van der Waals surface area contributed by atoms with Gasteiger partial charge in [-0.1, -0.05) is 42.5 Å². The summed E-state index contributed by atoms with van der Waals surface area (Å²) in [5, 5.41) is 0. The second-order valence-corrected chi connectivity index (χ2v) is 11.5. The predicted octanol–water partition coefficient (Wildman–Crippen LogP) is 3.25. The Morgan fingerprint density at radius 2 is 1.48 bits per heavy atom. The van der Waals surface area contributed by atoms with E-state index in [1.807, 2.05) is 29.2 Å². The standard InChI is InChI=1S/C26H35N3O3S/c1-2-33(31,32)29-18-16-27(17-19-29)21-24-8-10-25(11-9-24)26(30)28-14-12-23(13-15-28)20-22-6-4-3-5-7-22/h3-11,23H,2,12-21H2,1H3. The molecule has 0 atom stereocenters. The zero-order valence-electron chi connectivity index (χ0n) is 19.5. The maximum atomic E-state index is 13.0. The summed E-state index contributed by atoms with van der Waals surface area (Å²) in [4.78, 5) is 17.2. The summed E-state index contributed by atoms with van der Waals surface area (Å²) in [6, 6.07) is 18.5. The lowest BCUT2D eigenvalue weighted by Gasteiger charge is -2.34. The lowest BCUT2D eigenvalue weighted by molar-refractivity contribution is 0.0690. The molecule has 7 heteroatoms. The third-order valence-electron chi connectivity index (χ3n) is 6.97. The number of carbonyl (C=O) groups excluding carboxylic acids is 1. The second-order valence-electron chi connectivity index (χ2n) is 9.20. The van der Waals surface area contributed by atoms with Gasteiger partial charge in [-0.3, -0.25) is 9.69 Å². The van der Waals surface area contributed by atoms with Crippen molar-refractivity contribution >= 4 is 15.9 Å². The van der Waals surface area contributed by atoms with Crippen molar-refractivity contribution in [2.24, 2.45) is 5.92 Å². The zero-order valence-corrected chi connectivity index (χ0v) is 20.3. The molecule has 2 fully saturated rings. The van der Waals surface area contributed by atoms with E-state index in [0.717, 1.165) is 63.1 Å². The van der Waals surface area contributed by atoms with Crippen molar-refractivity contribution in [3.63, 3.8) is 0 Å². The monoisotopic (exact) mass is 469 g/mol. The molecule has 0 N–H and O–H groups in total. The number of sulfonamides is 1. The molecule has 2 aromatic carbocycles. The van der Waals surface area contributed by atoms with Gasteiger partial charge in [0, 0.05) is 51.4 Å². The highest BCUT2D eigenvalue weighted by atomic mass is 32.2. The van der Waals surface area contributed by atoms with Gasteiger partial charge in [0.15, 0.2) is 0 Å². The molecule has 2 heterocycles. The van der Waals surface area contributed by atoms with E-state index in [1.165, 1.54) is 5.56 Å². The van der Waals surface area contributed by atoms with Crippen LogP contribution in [0.1, 0.15) is 41.3 Å². The molecule has 0 aromatic heterocycles. The predicted molar refractivity (Wildman–Crippen MR) is 132 cm³/mol. The quantitative estimate of drug-likeness (QED) is 0.625. The average Bonchev–Trinajstić information content (AvgIpc) is 2.85. The number of amides is 1. The molecule has 0 bridgehead atoms. The van der Waals surface area contributed by atoms with Crippen molar-refractivity contribution in [3.05, 3.63) is 71.3 Å². The summed E-state index contributed by atoms with van der Waals surface area (Å²) >= 11 is 0. The fourth-order valence-electron chi connectivity index (χ4n) is 4.83. The van der Waals surface area contributed by atoms with Crippen molar-refractivity contribution in [1.82, 2.24) is 14.1 Å². The van der Waals surface area contributed by atoms with Crippen LogP contribution in [0.4, 0.5) is 0 Å². The van der Waals surface area contributed by atoms with Crippen molar-refractivity contribution < 1.29 is 13.2 Å². The normalized spacial score (nSPS) is 19.0. The van der Waals surface area contributed by atoms with Crippen LogP contribution in [0.25, 0.3) is 0 Å². The lowest BCUT2D eigenvalue weighted by Crippen LogP contribution is -2.48. The highest BCUT2D eigenvalue weighted by Gasteiger charge is 2.26. The number of likely N-dealkylation sites (tertiary alicyclic amines) is 1. The second kappa shape index (κ2) is 10.8. The smallest absolute Gasteiger partial charge is 0.253 e. The Hall–Kier alpha value is -2.22. The summed E-state index contributed by atoms with van der Waals surface area (Å²) in [5.41, 5.74) is 3.28. The highest BCUT2D eigenvalue weighted by molar-refractivity contribution is 7.89. The molecule has 1 amide bonds. The van der Waals surface area contributed by atoms with Crippen LogP contribution in [-0.2, 0) is 23.0 Å². The lowest BCUT2D eigenvalue weighted by atomic mass is 9.90. The molecule has 0 spiro atoms. The Bertz CT molecular complexity index is 1010. The van der Waals surface area contributed by atoms with Crippen molar-refractivity contribution in [2.45, 2.75) is 32.7 Å². The number of piperazine rings is 1. The number of rotatable bonds is 7. The number of nitrogens with zero attached hydrogens (tertiary/aromatic N) is 3. The van der Waals surface area contributed by atoms with Crippen LogP contribution in [0.5, 0.6) is 0 Å². The first-order chi connectivity index (χ1) is 15.9. The van der Waals surface area contributed by atoms with Gasteiger partial charge >= 0.3 is 0 Å².